The average Bonchev–Trinajstić information content (AvgIpc) is 3.22. The van der Waals surface area contributed by atoms with E-state index in [1.807, 2.05) is 17.0 Å². The number of para-hydroxylation sites is 1. The molecule has 3 heterocycles. The molecule has 1 aromatic carbocycles. The van der Waals surface area contributed by atoms with Crippen LogP contribution >= 0.6 is 11.6 Å². The molecular formula is C17H18ClN5O. The topological polar surface area (TPSA) is 66.8 Å². The molecule has 7 heteroatoms. The average molecular weight is 344 g/mol. The SMILES string of the molecule is O=C(CCCn1cncn1)N1CCc2[nH]c3c(Cl)cccc3c2C1. The quantitative estimate of drug-likeness (QED) is 0.792. The van der Waals surface area contributed by atoms with Crippen molar-refractivity contribution in [2.45, 2.75) is 32.4 Å². The number of carbonyl (C=O) groups excluding carboxylic acids is 1. The van der Waals surface area contributed by atoms with Crippen LogP contribution in [0.2, 0.25) is 5.02 Å². The minimum atomic E-state index is 0.192. The van der Waals surface area contributed by atoms with Gasteiger partial charge in [-0.3, -0.25) is 9.48 Å². The van der Waals surface area contributed by atoms with Crippen LogP contribution in [0.5, 0.6) is 0 Å². The van der Waals surface area contributed by atoms with Crippen LogP contribution < -0.4 is 0 Å². The molecule has 2 aromatic heterocycles. The lowest BCUT2D eigenvalue weighted by Crippen LogP contribution is -2.35. The summed E-state index contributed by atoms with van der Waals surface area (Å²) in [7, 11) is 0. The van der Waals surface area contributed by atoms with Gasteiger partial charge < -0.3 is 9.88 Å². The van der Waals surface area contributed by atoms with Gasteiger partial charge in [0.25, 0.3) is 0 Å². The molecule has 1 aliphatic heterocycles. The predicted octanol–water partition coefficient (Wildman–Crippen LogP) is 2.78. The predicted molar refractivity (Wildman–Crippen MR) is 91.7 cm³/mol. The van der Waals surface area contributed by atoms with E-state index in [9.17, 15) is 4.79 Å². The lowest BCUT2D eigenvalue weighted by molar-refractivity contribution is -0.132. The Bertz CT molecular complexity index is 871. The molecule has 0 saturated carbocycles. The van der Waals surface area contributed by atoms with Gasteiger partial charge in [0.2, 0.25) is 5.91 Å². The number of nitrogens with zero attached hydrogens (tertiary/aromatic N) is 4. The van der Waals surface area contributed by atoms with E-state index in [-0.39, 0.29) is 5.91 Å². The third kappa shape index (κ3) is 2.78. The highest BCUT2D eigenvalue weighted by Gasteiger charge is 2.24. The molecule has 1 amide bonds. The second kappa shape index (κ2) is 6.28. The monoisotopic (exact) mass is 343 g/mol. The van der Waals surface area contributed by atoms with Crippen LogP contribution in [-0.4, -0.2) is 37.1 Å². The summed E-state index contributed by atoms with van der Waals surface area (Å²) >= 11 is 6.27. The lowest BCUT2D eigenvalue weighted by Gasteiger charge is -2.27. The number of nitrogens with one attached hydrogen (secondary N) is 1. The Morgan fingerprint density at radius 2 is 2.29 bits per heavy atom. The van der Waals surface area contributed by atoms with Crippen molar-refractivity contribution in [3.05, 3.63) is 47.1 Å². The number of fused-ring (bicyclic) bond motifs is 3. The van der Waals surface area contributed by atoms with Crippen molar-refractivity contribution in [2.24, 2.45) is 0 Å². The molecule has 0 bridgehead atoms. The fraction of sp³-hybridized carbons (Fsp3) is 0.353. The number of benzene rings is 1. The van der Waals surface area contributed by atoms with Crippen LogP contribution in [0.1, 0.15) is 24.1 Å². The van der Waals surface area contributed by atoms with Crippen molar-refractivity contribution in [1.82, 2.24) is 24.6 Å². The fourth-order valence-electron chi connectivity index (χ4n) is 3.31. The summed E-state index contributed by atoms with van der Waals surface area (Å²) in [5, 5.41) is 5.91. The van der Waals surface area contributed by atoms with Crippen molar-refractivity contribution in [1.29, 1.82) is 0 Å². The maximum absolute atomic E-state index is 12.5. The van der Waals surface area contributed by atoms with E-state index in [4.69, 9.17) is 11.6 Å². The fourth-order valence-corrected chi connectivity index (χ4v) is 3.54. The van der Waals surface area contributed by atoms with Gasteiger partial charge >= 0.3 is 0 Å². The highest BCUT2D eigenvalue weighted by Crippen LogP contribution is 2.31. The highest BCUT2D eigenvalue weighted by atomic mass is 35.5. The molecule has 1 N–H and O–H groups in total. The Labute approximate surface area is 144 Å². The molecule has 0 fully saturated rings. The van der Waals surface area contributed by atoms with E-state index < -0.39 is 0 Å². The van der Waals surface area contributed by atoms with Crippen LogP contribution in [-0.2, 0) is 24.3 Å². The Balaban J connectivity index is 1.44. The van der Waals surface area contributed by atoms with Crippen molar-refractivity contribution in [3.63, 3.8) is 0 Å². The molecular weight excluding hydrogens is 326 g/mol. The van der Waals surface area contributed by atoms with Gasteiger partial charge in [0.05, 0.1) is 10.5 Å². The van der Waals surface area contributed by atoms with Crippen molar-refractivity contribution >= 4 is 28.4 Å². The Morgan fingerprint density at radius 3 is 3.12 bits per heavy atom. The molecule has 4 rings (SSSR count). The number of halogens is 1. The zero-order valence-electron chi connectivity index (χ0n) is 13.2. The van der Waals surface area contributed by atoms with Gasteiger partial charge in [-0.15, -0.1) is 0 Å². The number of aromatic nitrogens is 4. The van der Waals surface area contributed by atoms with E-state index in [1.165, 1.54) is 17.6 Å². The van der Waals surface area contributed by atoms with Crippen LogP contribution in [0, 0.1) is 0 Å². The number of carbonyl (C=O) groups is 1. The number of aryl methyl sites for hydroxylation is 1. The third-order valence-corrected chi connectivity index (χ3v) is 4.87. The Morgan fingerprint density at radius 1 is 1.38 bits per heavy atom. The van der Waals surface area contributed by atoms with Crippen molar-refractivity contribution in [2.75, 3.05) is 6.54 Å². The number of rotatable bonds is 4. The van der Waals surface area contributed by atoms with Gasteiger partial charge in [-0.05, 0) is 12.5 Å². The summed E-state index contributed by atoms with van der Waals surface area (Å²) in [6.07, 6.45) is 5.32. The summed E-state index contributed by atoms with van der Waals surface area (Å²) in [5.41, 5.74) is 3.37. The van der Waals surface area contributed by atoms with E-state index in [0.29, 0.717) is 19.5 Å². The smallest absolute Gasteiger partial charge is 0.222 e. The molecule has 1 aliphatic rings. The molecule has 0 unspecified atom stereocenters. The molecule has 24 heavy (non-hydrogen) atoms. The standard InChI is InChI=1S/C17H18ClN5O/c18-14-4-1-3-12-13-9-22(8-6-15(13)21-17(12)14)16(24)5-2-7-23-11-19-10-20-23/h1,3-4,10-11,21H,2,5-9H2. The van der Waals surface area contributed by atoms with Gasteiger partial charge in [-0.2, -0.15) is 5.10 Å². The van der Waals surface area contributed by atoms with Gasteiger partial charge in [-0.25, -0.2) is 4.98 Å². The van der Waals surface area contributed by atoms with E-state index in [2.05, 4.69) is 21.1 Å². The maximum Gasteiger partial charge on any atom is 0.222 e. The molecule has 124 valence electrons. The zero-order chi connectivity index (χ0) is 16.5. The summed E-state index contributed by atoms with van der Waals surface area (Å²) in [6, 6.07) is 5.91. The third-order valence-electron chi connectivity index (χ3n) is 4.56. The van der Waals surface area contributed by atoms with Gasteiger partial charge in [-0.1, -0.05) is 23.7 Å². The first-order chi connectivity index (χ1) is 11.7. The maximum atomic E-state index is 12.5. The normalized spacial score (nSPS) is 14.1. The van der Waals surface area contributed by atoms with E-state index in [0.717, 1.165) is 35.3 Å². The number of amides is 1. The Kier molecular flexibility index (Phi) is 3.98. The second-order valence-electron chi connectivity index (χ2n) is 6.07. The summed E-state index contributed by atoms with van der Waals surface area (Å²) in [6.45, 7) is 2.12. The largest absolute Gasteiger partial charge is 0.357 e. The molecule has 0 radical (unpaired) electrons. The highest BCUT2D eigenvalue weighted by molar-refractivity contribution is 6.35. The van der Waals surface area contributed by atoms with E-state index in [1.54, 1.807) is 11.0 Å². The van der Waals surface area contributed by atoms with Gasteiger partial charge in [0.1, 0.15) is 12.7 Å². The Hall–Kier alpha value is -2.34. The first-order valence-corrected chi connectivity index (χ1v) is 8.48. The van der Waals surface area contributed by atoms with E-state index >= 15 is 0 Å². The van der Waals surface area contributed by atoms with Crippen LogP contribution in [0.3, 0.4) is 0 Å². The number of aromatic amines is 1. The summed E-state index contributed by atoms with van der Waals surface area (Å²) < 4.78 is 1.75. The number of hydrogen-bond donors (Lipinski definition) is 1. The molecule has 0 saturated heterocycles. The molecule has 6 nitrogen and oxygen atoms in total. The first-order valence-electron chi connectivity index (χ1n) is 8.10. The second-order valence-corrected chi connectivity index (χ2v) is 6.48. The lowest BCUT2D eigenvalue weighted by atomic mass is 10.0. The molecule has 3 aromatic rings. The minimum Gasteiger partial charge on any atom is -0.357 e. The zero-order valence-corrected chi connectivity index (χ0v) is 14.0. The number of hydrogen-bond acceptors (Lipinski definition) is 3. The van der Waals surface area contributed by atoms with Crippen molar-refractivity contribution < 1.29 is 4.79 Å². The van der Waals surface area contributed by atoms with Gasteiger partial charge in [0, 0.05) is 49.1 Å². The molecule has 0 aliphatic carbocycles. The number of H-pyrrole nitrogens is 1. The van der Waals surface area contributed by atoms with Crippen LogP contribution in [0.15, 0.2) is 30.9 Å². The summed E-state index contributed by atoms with van der Waals surface area (Å²) in [4.78, 5) is 21.8. The minimum absolute atomic E-state index is 0.192. The van der Waals surface area contributed by atoms with Crippen LogP contribution in [0.25, 0.3) is 10.9 Å². The van der Waals surface area contributed by atoms with Crippen molar-refractivity contribution in [3.8, 4) is 0 Å². The molecule has 0 spiro atoms. The van der Waals surface area contributed by atoms with Gasteiger partial charge in [0.15, 0.2) is 0 Å². The first kappa shape index (κ1) is 15.2. The summed E-state index contributed by atoms with van der Waals surface area (Å²) in [5.74, 6) is 0.192. The molecule has 0 atom stereocenters. The van der Waals surface area contributed by atoms with Crippen LogP contribution in [0.4, 0.5) is 0 Å².